The molecule has 2 rings (SSSR count). The second-order valence-corrected chi connectivity index (χ2v) is 6.04. The minimum Gasteiger partial charge on any atom is -0.343 e. The van der Waals surface area contributed by atoms with Crippen LogP contribution in [0.4, 0.5) is 0 Å². The van der Waals surface area contributed by atoms with E-state index < -0.39 is 0 Å². The number of imidazole rings is 1. The topological polar surface area (TPSA) is 49.0 Å². The summed E-state index contributed by atoms with van der Waals surface area (Å²) in [6.07, 6.45) is 8.11. The highest BCUT2D eigenvalue weighted by molar-refractivity contribution is 7.99. The van der Waals surface area contributed by atoms with Gasteiger partial charge in [-0.05, 0) is 32.1 Å². The molecule has 2 heterocycles. The number of H-pyrrole nitrogens is 1. The van der Waals surface area contributed by atoms with Gasteiger partial charge in [0.05, 0.1) is 0 Å². The number of aromatic nitrogens is 2. The molecule has 4 nitrogen and oxygen atoms in total. The van der Waals surface area contributed by atoms with Gasteiger partial charge in [-0.25, -0.2) is 4.98 Å². The van der Waals surface area contributed by atoms with Gasteiger partial charge in [0.2, 0.25) is 5.91 Å². The molecule has 1 aliphatic rings. The smallest absolute Gasteiger partial charge is 0.222 e. The highest BCUT2D eigenvalue weighted by Gasteiger charge is 2.15. The van der Waals surface area contributed by atoms with E-state index >= 15 is 0 Å². The van der Waals surface area contributed by atoms with Gasteiger partial charge in [-0.2, -0.15) is 0 Å². The molecule has 0 radical (unpaired) electrons. The van der Waals surface area contributed by atoms with Crippen LogP contribution in [0.5, 0.6) is 0 Å². The Balaban J connectivity index is 1.62. The molecule has 0 saturated carbocycles. The number of hydrogen-bond acceptors (Lipinski definition) is 3. The number of rotatable bonds is 6. The lowest BCUT2D eigenvalue weighted by Crippen LogP contribution is -2.35. The van der Waals surface area contributed by atoms with Crippen LogP contribution in [0.3, 0.4) is 0 Å². The Morgan fingerprint density at radius 2 is 2.21 bits per heavy atom. The number of amides is 1. The monoisotopic (exact) mass is 281 g/mol. The third-order valence-electron chi connectivity index (χ3n) is 3.47. The number of piperidine rings is 1. The zero-order valence-corrected chi connectivity index (χ0v) is 12.5. The molecule has 106 valence electrons. The fourth-order valence-corrected chi connectivity index (χ4v) is 3.10. The standard InChI is InChI=1S/C14H23N3OS/c1-2-12-11-15-14(16-12)19-10-6-7-13(18)17-8-4-3-5-9-17/h11H,2-10H2,1H3,(H,15,16). The molecule has 0 unspecified atom stereocenters. The van der Waals surface area contributed by atoms with Crippen LogP contribution in [0.25, 0.3) is 0 Å². The molecule has 1 saturated heterocycles. The minimum absolute atomic E-state index is 0.328. The first-order chi connectivity index (χ1) is 9.29. The Morgan fingerprint density at radius 3 is 2.89 bits per heavy atom. The molecule has 0 spiro atoms. The number of aryl methyl sites for hydroxylation is 1. The summed E-state index contributed by atoms with van der Waals surface area (Å²) >= 11 is 1.71. The number of carbonyl (C=O) groups excluding carboxylic acids is 1. The lowest BCUT2D eigenvalue weighted by molar-refractivity contribution is -0.132. The second-order valence-electron chi connectivity index (χ2n) is 4.96. The van der Waals surface area contributed by atoms with Gasteiger partial charge in [0.15, 0.2) is 5.16 Å². The summed E-state index contributed by atoms with van der Waals surface area (Å²) in [5.41, 5.74) is 1.17. The van der Waals surface area contributed by atoms with E-state index in [-0.39, 0.29) is 0 Å². The van der Waals surface area contributed by atoms with Crippen LogP contribution in [0.15, 0.2) is 11.4 Å². The largest absolute Gasteiger partial charge is 0.343 e. The van der Waals surface area contributed by atoms with Gasteiger partial charge in [0.1, 0.15) is 0 Å². The Hall–Kier alpha value is -0.970. The third-order valence-corrected chi connectivity index (χ3v) is 4.44. The van der Waals surface area contributed by atoms with E-state index in [0.717, 1.165) is 36.8 Å². The number of likely N-dealkylation sites (tertiary alicyclic amines) is 1. The molecular weight excluding hydrogens is 258 g/mol. The summed E-state index contributed by atoms with van der Waals surface area (Å²) in [4.78, 5) is 21.6. The van der Waals surface area contributed by atoms with E-state index in [1.165, 1.54) is 25.0 Å². The fraction of sp³-hybridized carbons (Fsp3) is 0.714. The van der Waals surface area contributed by atoms with Crippen LogP contribution in [0.1, 0.15) is 44.7 Å². The molecule has 0 aliphatic carbocycles. The molecule has 1 aromatic heterocycles. The van der Waals surface area contributed by atoms with E-state index in [1.807, 2.05) is 11.1 Å². The average molecular weight is 281 g/mol. The van der Waals surface area contributed by atoms with Crippen molar-refractivity contribution in [2.45, 2.75) is 50.6 Å². The van der Waals surface area contributed by atoms with Crippen molar-refractivity contribution in [1.29, 1.82) is 0 Å². The maximum Gasteiger partial charge on any atom is 0.222 e. The molecule has 0 aromatic carbocycles. The first-order valence-electron chi connectivity index (χ1n) is 7.24. The quantitative estimate of drug-likeness (QED) is 0.644. The van der Waals surface area contributed by atoms with Gasteiger partial charge in [-0.3, -0.25) is 4.79 Å². The average Bonchev–Trinajstić information content (AvgIpc) is 2.92. The predicted octanol–water partition coefficient (Wildman–Crippen LogP) is 2.86. The van der Waals surface area contributed by atoms with Crippen LogP contribution in [-0.2, 0) is 11.2 Å². The fourth-order valence-electron chi connectivity index (χ4n) is 2.29. The molecule has 0 atom stereocenters. The molecule has 0 bridgehead atoms. The van der Waals surface area contributed by atoms with Crippen LogP contribution >= 0.6 is 11.8 Å². The maximum absolute atomic E-state index is 12.0. The SMILES string of the molecule is CCc1cnc(SCCCC(=O)N2CCCCC2)[nH]1. The van der Waals surface area contributed by atoms with Gasteiger partial charge in [-0.1, -0.05) is 18.7 Å². The van der Waals surface area contributed by atoms with Gasteiger partial charge >= 0.3 is 0 Å². The number of carbonyl (C=O) groups is 1. The number of nitrogens with zero attached hydrogens (tertiary/aromatic N) is 2. The van der Waals surface area contributed by atoms with Crippen molar-refractivity contribution in [2.24, 2.45) is 0 Å². The van der Waals surface area contributed by atoms with E-state index in [4.69, 9.17) is 0 Å². The zero-order chi connectivity index (χ0) is 13.5. The van der Waals surface area contributed by atoms with Crippen LogP contribution in [-0.4, -0.2) is 39.6 Å². The highest BCUT2D eigenvalue weighted by atomic mass is 32.2. The van der Waals surface area contributed by atoms with Crippen molar-refractivity contribution < 1.29 is 4.79 Å². The molecule has 1 N–H and O–H groups in total. The number of nitrogens with one attached hydrogen (secondary N) is 1. The lowest BCUT2D eigenvalue weighted by Gasteiger charge is -2.26. The van der Waals surface area contributed by atoms with Crippen molar-refractivity contribution in [2.75, 3.05) is 18.8 Å². The van der Waals surface area contributed by atoms with E-state index in [1.54, 1.807) is 11.8 Å². The Labute approximate surface area is 119 Å². The molecule has 1 aromatic rings. The van der Waals surface area contributed by atoms with E-state index in [0.29, 0.717) is 12.3 Å². The molecule has 19 heavy (non-hydrogen) atoms. The van der Waals surface area contributed by atoms with Crippen LogP contribution < -0.4 is 0 Å². The number of thioether (sulfide) groups is 1. The summed E-state index contributed by atoms with van der Waals surface area (Å²) in [6.45, 7) is 4.04. The third kappa shape index (κ3) is 4.56. The summed E-state index contributed by atoms with van der Waals surface area (Å²) in [7, 11) is 0. The van der Waals surface area contributed by atoms with Crippen molar-refractivity contribution in [3.63, 3.8) is 0 Å². The van der Waals surface area contributed by atoms with Gasteiger partial charge in [0, 0.05) is 37.2 Å². The molecular formula is C14H23N3OS. The number of hydrogen-bond donors (Lipinski definition) is 1. The maximum atomic E-state index is 12.0. The van der Waals surface area contributed by atoms with Crippen LogP contribution in [0, 0.1) is 0 Å². The Kier molecular flexibility index (Phi) is 5.76. The summed E-state index contributed by atoms with van der Waals surface area (Å²) < 4.78 is 0. The zero-order valence-electron chi connectivity index (χ0n) is 11.7. The predicted molar refractivity (Wildman–Crippen MR) is 78.4 cm³/mol. The van der Waals surface area contributed by atoms with Gasteiger partial charge in [0.25, 0.3) is 0 Å². The Morgan fingerprint density at radius 1 is 1.42 bits per heavy atom. The summed E-state index contributed by atoms with van der Waals surface area (Å²) in [5.74, 6) is 1.28. The number of aromatic amines is 1. The van der Waals surface area contributed by atoms with Crippen molar-refractivity contribution in [3.8, 4) is 0 Å². The van der Waals surface area contributed by atoms with E-state index in [9.17, 15) is 4.79 Å². The molecule has 5 heteroatoms. The van der Waals surface area contributed by atoms with Crippen molar-refractivity contribution in [1.82, 2.24) is 14.9 Å². The van der Waals surface area contributed by atoms with E-state index in [2.05, 4.69) is 16.9 Å². The summed E-state index contributed by atoms with van der Waals surface area (Å²) in [6, 6.07) is 0. The van der Waals surface area contributed by atoms with Gasteiger partial charge in [-0.15, -0.1) is 0 Å². The highest BCUT2D eigenvalue weighted by Crippen LogP contribution is 2.17. The first-order valence-corrected chi connectivity index (χ1v) is 8.22. The summed E-state index contributed by atoms with van der Waals surface area (Å²) in [5, 5.41) is 0.974. The normalized spacial score (nSPS) is 15.7. The first kappa shape index (κ1) is 14.4. The van der Waals surface area contributed by atoms with Gasteiger partial charge < -0.3 is 9.88 Å². The van der Waals surface area contributed by atoms with Crippen LogP contribution in [0.2, 0.25) is 0 Å². The molecule has 1 aliphatic heterocycles. The molecule has 1 fully saturated rings. The Bertz CT molecular complexity index is 399. The minimum atomic E-state index is 0.328. The van der Waals surface area contributed by atoms with Crippen molar-refractivity contribution in [3.05, 3.63) is 11.9 Å². The molecule has 1 amide bonds. The lowest BCUT2D eigenvalue weighted by atomic mass is 10.1. The van der Waals surface area contributed by atoms with Crippen molar-refractivity contribution >= 4 is 17.7 Å². The second kappa shape index (κ2) is 7.58.